The average molecular weight is 298 g/mol. The van der Waals surface area contributed by atoms with E-state index in [1.165, 1.54) is 0 Å². The van der Waals surface area contributed by atoms with Crippen molar-refractivity contribution in [3.05, 3.63) is 0 Å². The highest BCUT2D eigenvalue weighted by molar-refractivity contribution is 7.86. The summed E-state index contributed by atoms with van der Waals surface area (Å²) >= 11 is 0. The largest absolute Gasteiger partial charge is 0.327 e. The van der Waals surface area contributed by atoms with Crippen molar-refractivity contribution in [1.82, 2.24) is 8.61 Å². The third kappa shape index (κ3) is 3.36. The van der Waals surface area contributed by atoms with E-state index < -0.39 is 10.2 Å². The molecular weight excluding hydrogens is 274 g/mol. The molecule has 2 rings (SSSR count). The van der Waals surface area contributed by atoms with Gasteiger partial charge in [-0.25, -0.2) is 0 Å². The lowest BCUT2D eigenvalue weighted by Crippen LogP contribution is -2.54. The number of hydrogen-bond acceptors (Lipinski definition) is 3. The molecule has 2 aliphatic heterocycles. The van der Waals surface area contributed by atoms with Crippen molar-refractivity contribution in [3.8, 4) is 0 Å². The standard InChI is InChI=1S/C11H23N3O2S.ClH/c1-10-5-2-3-8-14(10)17(15,16)13-7-4-6-11(12)9-13;/h10-11H,2-9,12H2,1H3;1H/t10?,11-;/m1./s1. The first-order valence-corrected chi connectivity index (χ1v) is 7.94. The number of rotatable bonds is 2. The van der Waals surface area contributed by atoms with Crippen LogP contribution in [0.3, 0.4) is 0 Å². The lowest BCUT2D eigenvalue weighted by atomic mass is 10.1. The second-order valence-corrected chi connectivity index (χ2v) is 7.10. The summed E-state index contributed by atoms with van der Waals surface area (Å²) in [4.78, 5) is 0. The molecule has 2 saturated heterocycles. The van der Waals surface area contributed by atoms with E-state index in [1.54, 1.807) is 8.61 Å². The highest BCUT2D eigenvalue weighted by Crippen LogP contribution is 2.24. The molecule has 2 heterocycles. The van der Waals surface area contributed by atoms with Gasteiger partial charge in [-0.15, -0.1) is 12.4 Å². The molecule has 0 aromatic carbocycles. The first kappa shape index (κ1) is 16.2. The molecule has 0 spiro atoms. The Bertz CT molecular complexity index is 363. The first-order valence-electron chi connectivity index (χ1n) is 6.54. The van der Waals surface area contributed by atoms with Crippen molar-refractivity contribution in [2.45, 2.75) is 51.1 Å². The minimum Gasteiger partial charge on any atom is -0.327 e. The van der Waals surface area contributed by atoms with Crippen molar-refractivity contribution in [1.29, 1.82) is 0 Å². The fraction of sp³-hybridized carbons (Fsp3) is 1.00. The van der Waals surface area contributed by atoms with Crippen LogP contribution in [-0.4, -0.2) is 48.7 Å². The molecule has 0 aliphatic carbocycles. The van der Waals surface area contributed by atoms with Gasteiger partial charge in [-0.05, 0) is 32.6 Å². The van der Waals surface area contributed by atoms with Gasteiger partial charge in [0, 0.05) is 31.7 Å². The zero-order valence-corrected chi connectivity index (χ0v) is 12.5. The third-order valence-corrected chi connectivity index (χ3v) is 5.90. The molecule has 18 heavy (non-hydrogen) atoms. The molecule has 0 aromatic heterocycles. The van der Waals surface area contributed by atoms with E-state index in [9.17, 15) is 8.42 Å². The van der Waals surface area contributed by atoms with E-state index in [4.69, 9.17) is 5.73 Å². The highest BCUT2D eigenvalue weighted by Gasteiger charge is 2.36. The van der Waals surface area contributed by atoms with Crippen LogP contribution in [0.15, 0.2) is 0 Å². The lowest BCUT2D eigenvalue weighted by Gasteiger charge is -2.38. The van der Waals surface area contributed by atoms with Gasteiger partial charge in [0.15, 0.2) is 0 Å². The summed E-state index contributed by atoms with van der Waals surface area (Å²) in [5.41, 5.74) is 5.86. The summed E-state index contributed by atoms with van der Waals surface area (Å²) in [5.74, 6) is 0. The van der Waals surface area contributed by atoms with Gasteiger partial charge in [0.1, 0.15) is 0 Å². The van der Waals surface area contributed by atoms with Crippen molar-refractivity contribution in [2.24, 2.45) is 5.73 Å². The third-order valence-electron chi connectivity index (χ3n) is 3.79. The molecule has 2 N–H and O–H groups in total. The fourth-order valence-electron chi connectivity index (χ4n) is 2.75. The van der Waals surface area contributed by atoms with Gasteiger partial charge in [-0.2, -0.15) is 17.0 Å². The zero-order chi connectivity index (χ0) is 12.5. The molecule has 0 bridgehead atoms. The Hall–Kier alpha value is 0.120. The minimum absolute atomic E-state index is 0. The Morgan fingerprint density at radius 1 is 1.11 bits per heavy atom. The Morgan fingerprint density at radius 3 is 2.44 bits per heavy atom. The van der Waals surface area contributed by atoms with Gasteiger partial charge in [0.2, 0.25) is 0 Å². The molecule has 5 nitrogen and oxygen atoms in total. The Balaban J connectivity index is 0.00000162. The maximum absolute atomic E-state index is 12.5. The zero-order valence-electron chi connectivity index (χ0n) is 10.9. The lowest BCUT2D eigenvalue weighted by molar-refractivity contribution is 0.229. The van der Waals surface area contributed by atoms with Crippen LogP contribution in [0, 0.1) is 0 Å². The molecule has 2 aliphatic rings. The van der Waals surface area contributed by atoms with Gasteiger partial charge < -0.3 is 5.73 Å². The van der Waals surface area contributed by atoms with Crippen molar-refractivity contribution < 1.29 is 8.42 Å². The Labute approximate surface area is 116 Å². The molecule has 2 atom stereocenters. The van der Waals surface area contributed by atoms with Crippen molar-refractivity contribution >= 4 is 22.6 Å². The number of nitrogens with zero attached hydrogens (tertiary/aromatic N) is 2. The topological polar surface area (TPSA) is 66.6 Å². The summed E-state index contributed by atoms with van der Waals surface area (Å²) in [7, 11) is -3.28. The molecule has 0 aromatic rings. The predicted molar refractivity (Wildman–Crippen MR) is 75.0 cm³/mol. The van der Waals surface area contributed by atoms with Gasteiger partial charge in [-0.3, -0.25) is 0 Å². The van der Waals surface area contributed by atoms with Gasteiger partial charge in [0.05, 0.1) is 0 Å². The number of piperidine rings is 2. The summed E-state index contributed by atoms with van der Waals surface area (Å²) in [5, 5.41) is 0. The normalized spacial score (nSPS) is 31.9. The van der Waals surface area contributed by atoms with E-state index in [0.29, 0.717) is 19.6 Å². The summed E-state index contributed by atoms with van der Waals surface area (Å²) < 4.78 is 28.2. The quantitative estimate of drug-likeness (QED) is 0.825. The molecule has 0 amide bonds. The number of nitrogens with two attached hydrogens (primary N) is 1. The van der Waals surface area contributed by atoms with Crippen molar-refractivity contribution in [2.75, 3.05) is 19.6 Å². The smallest absolute Gasteiger partial charge is 0.282 e. The SMILES string of the molecule is CC1CCCCN1S(=O)(=O)N1CCC[C@@H](N)C1.Cl. The van der Waals surface area contributed by atoms with Gasteiger partial charge >= 0.3 is 0 Å². The van der Waals surface area contributed by atoms with Crippen LogP contribution in [0.4, 0.5) is 0 Å². The first-order chi connectivity index (χ1) is 8.01. The van der Waals surface area contributed by atoms with Crippen LogP contribution >= 0.6 is 12.4 Å². The maximum atomic E-state index is 12.5. The maximum Gasteiger partial charge on any atom is 0.282 e. The van der Waals surface area contributed by atoms with Crippen LogP contribution < -0.4 is 5.73 Å². The molecule has 7 heteroatoms. The van der Waals surface area contributed by atoms with Crippen LogP contribution in [0.1, 0.15) is 39.0 Å². The van der Waals surface area contributed by atoms with E-state index in [2.05, 4.69) is 0 Å². The highest BCUT2D eigenvalue weighted by atomic mass is 35.5. The van der Waals surface area contributed by atoms with E-state index in [-0.39, 0.29) is 24.5 Å². The monoisotopic (exact) mass is 297 g/mol. The van der Waals surface area contributed by atoms with Gasteiger partial charge in [-0.1, -0.05) is 6.42 Å². The van der Waals surface area contributed by atoms with Crippen molar-refractivity contribution in [3.63, 3.8) is 0 Å². The molecular formula is C11H24ClN3O2S. The van der Waals surface area contributed by atoms with Gasteiger partial charge in [0.25, 0.3) is 10.2 Å². The van der Waals surface area contributed by atoms with Crippen LogP contribution in [0.25, 0.3) is 0 Å². The molecule has 2 fully saturated rings. The van der Waals surface area contributed by atoms with Crippen LogP contribution in [-0.2, 0) is 10.2 Å². The number of halogens is 1. The number of hydrogen-bond donors (Lipinski definition) is 1. The van der Waals surface area contributed by atoms with E-state index in [1.807, 2.05) is 6.92 Å². The second kappa shape index (κ2) is 6.52. The molecule has 0 radical (unpaired) electrons. The Kier molecular flexibility index (Phi) is 5.86. The summed E-state index contributed by atoms with van der Waals surface area (Å²) in [6.45, 7) is 3.76. The van der Waals surface area contributed by atoms with E-state index >= 15 is 0 Å². The summed E-state index contributed by atoms with van der Waals surface area (Å²) in [6, 6.07) is 0.130. The van der Waals surface area contributed by atoms with Crippen LogP contribution in [0.5, 0.6) is 0 Å². The minimum atomic E-state index is -3.28. The average Bonchev–Trinajstić information content (AvgIpc) is 2.29. The van der Waals surface area contributed by atoms with Crippen LogP contribution in [0.2, 0.25) is 0 Å². The fourth-order valence-corrected chi connectivity index (χ4v) is 4.70. The van der Waals surface area contributed by atoms with E-state index in [0.717, 1.165) is 32.1 Å². The predicted octanol–water partition coefficient (Wildman–Crippen LogP) is 0.950. The Morgan fingerprint density at radius 2 is 1.83 bits per heavy atom. The molecule has 1 unspecified atom stereocenters. The molecule has 108 valence electrons. The summed E-state index contributed by atoms with van der Waals surface area (Å²) in [6.07, 6.45) is 4.89. The molecule has 0 saturated carbocycles. The second-order valence-electron chi connectivity index (χ2n) is 5.22.